The third kappa shape index (κ3) is 4.49. The van der Waals surface area contributed by atoms with Gasteiger partial charge in [0.25, 0.3) is 5.91 Å². The van der Waals surface area contributed by atoms with Crippen molar-refractivity contribution in [3.05, 3.63) is 53.6 Å². The van der Waals surface area contributed by atoms with Crippen LogP contribution in [0.4, 0.5) is 5.69 Å². The summed E-state index contributed by atoms with van der Waals surface area (Å²) in [5, 5.41) is 16.9. The van der Waals surface area contributed by atoms with Gasteiger partial charge in [-0.2, -0.15) is 5.10 Å². The van der Waals surface area contributed by atoms with E-state index < -0.39 is 6.04 Å². The molecule has 6 nitrogen and oxygen atoms in total. The minimum absolute atomic E-state index is 0.0241. The number of hydrazone groups is 1. The van der Waals surface area contributed by atoms with E-state index in [4.69, 9.17) is 4.74 Å². The van der Waals surface area contributed by atoms with E-state index in [0.717, 1.165) is 11.3 Å². The van der Waals surface area contributed by atoms with Crippen LogP contribution in [0.1, 0.15) is 18.1 Å². The topological polar surface area (TPSA) is 83.0 Å². The highest BCUT2D eigenvalue weighted by atomic mass is 16.5. The number of benzene rings is 2. The normalized spacial score (nSPS) is 12.0. The number of aromatic hydroxyl groups is 1. The summed E-state index contributed by atoms with van der Waals surface area (Å²) in [5.41, 5.74) is 4.88. The standard InChI is InChI=1S/C18H21N3O3/c1-12-6-4-8-15(10-12)20-13(2)18(23)21-19-11-14-7-5-9-16(24-3)17(14)22/h4-11,13,20,22H,1-3H3,(H,21,23). The summed E-state index contributed by atoms with van der Waals surface area (Å²) in [7, 11) is 1.47. The molecule has 1 atom stereocenters. The van der Waals surface area contributed by atoms with E-state index in [1.807, 2.05) is 31.2 Å². The van der Waals surface area contributed by atoms with E-state index >= 15 is 0 Å². The Kier molecular flexibility index (Phi) is 5.78. The Morgan fingerprint density at radius 2 is 2.04 bits per heavy atom. The third-order valence-corrected chi connectivity index (χ3v) is 3.42. The van der Waals surface area contributed by atoms with Crippen LogP contribution in [0.25, 0.3) is 0 Å². The average molecular weight is 327 g/mol. The molecule has 1 amide bonds. The van der Waals surface area contributed by atoms with Crippen molar-refractivity contribution in [2.45, 2.75) is 19.9 Å². The van der Waals surface area contributed by atoms with Crippen LogP contribution in [-0.2, 0) is 4.79 Å². The highest BCUT2D eigenvalue weighted by Crippen LogP contribution is 2.27. The zero-order valence-electron chi connectivity index (χ0n) is 13.9. The zero-order valence-corrected chi connectivity index (χ0v) is 13.9. The second-order valence-corrected chi connectivity index (χ2v) is 5.37. The number of amides is 1. The lowest BCUT2D eigenvalue weighted by molar-refractivity contribution is -0.121. The Bertz CT molecular complexity index is 744. The molecule has 3 N–H and O–H groups in total. The molecular weight excluding hydrogens is 306 g/mol. The summed E-state index contributed by atoms with van der Waals surface area (Å²) >= 11 is 0. The van der Waals surface area contributed by atoms with Gasteiger partial charge in [0.1, 0.15) is 6.04 Å². The largest absolute Gasteiger partial charge is 0.504 e. The molecule has 6 heteroatoms. The molecule has 0 aromatic heterocycles. The lowest BCUT2D eigenvalue weighted by Gasteiger charge is -2.13. The molecule has 0 radical (unpaired) electrons. The first kappa shape index (κ1) is 17.3. The number of nitrogens with one attached hydrogen (secondary N) is 2. The van der Waals surface area contributed by atoms with Crippen LogP contribution in [0, 0.1) is 6.92 Å². The quantitative estimate of drug-likeness (QED) is 0.563. The van der Waals surface area contributed by atoms with Gasteiger partial charge in [-0.05, 0) is 43.7 Å². The molecule has 2 aromatic rings. The van der Waals surface area contributed by atoms with Crippen molar-refractivity contribution in [1.82, 2.24) is 5.43 Å². The first-order chi connectivity index (χ1) is 11.5. The number of methoxy groups -OCH3 is 1. The molecule has 0 aliphatic rings. The number of nitrogens with zero attached hydrogens (tertiary/aromatic N) is 1. The first-order valence-electron chi connectivity index (χ1n) is 7.53. The van der Waals surface area contributed by atoms with E-state index in [1.165, 1.54) is 13.3 Å². The molecule has 0 heterocycles. The number of hydrogen-bond acceptors (Lipinski definition) is 5. The van der Waals surface area contributed by atoms with Crippen LogP contribution in [-0.4, -0.2) is 30.4 Å². The van der Waals surface area contributed by atoms with Crippen molar-refractivity contribution in [2.75, 3.05) is 12.4 Å². The number of carbonyl (C=O) groups is 1. The van der Waals surface area contributed by atoms with E-state index in [2.05, 4.69) is 15.8 Å². The molecule has 0 fully saturated rings. The van der Waals surface area contributed by atoms with E-state index in [-0.39, 0.29) is 11.7 Å². The minimum atomic E-state index is -0.456. The number of phenols is 1. The number of ether oxygens (including phenoxy) is 1. The highest BCUT2D eigenvalue weighted by molar-refractivity contribution is 5.88. The van der Waals surface area contributed by atoms with Gasteiger partial charge in [-0.1, -0.05) is 18.2 Å². The molecule has 2 rings (SSSR count). The molecule has 0 spiro atoms. The zero-order chi connectivity index (χ0) is 17.5. The van der Waals surface area contributed by atoms with Gasteiger partial charge in [0, 0.05) is 11.3 Å². The molecule has 0 bridgehead atoms. The molecule has 1 unspecified atom stereocenters. The maximum absolute atomic E-state index is 12.1. The molecule has 0 aliphatic carbocycles. The van der Waals surface area contributed by atoms with Gasteiger partial charge in [0.15, 0.2) is 11.5 Å². The van der Waals surface area contributed by atoms with Crippen molar-refractivity contribution in [3.63, 3.8) is 0 Å². The Labute approximate surface area is 141 Å². The second-order valence-electron chi connectivity index (χ2n) is 5.37. The Balaban J connectivity index is 1.95. The Morgan fingerprint density at radius 3 is 2.75 bits per heavy atom. The average Bonchev–Trinajstić information content (AvgIpc) is 2.56. The van der Waals surface area contributed by atoms with Gasteiger partial charge < -0.3 is 15.2 Å². The predicted molar refractivity (Wildman–Crippen MR) is 94.7 cm³/mol. The fourth-order valence-corrected chi connectivity index (χ4v) is 2.12. The summed E-state index contributed by atoms with van der Waals surface area (Å²) in [4.78, 5) is 12.1. The molecular formula is C18H21N3O3. The third-order valence-electron chi connectivity index (χ3n) is 3.42. The highest BCUT2D eigenvalue weighted by Gasteiger charge is 2.12. The predicted octanol–water partition coefficient (Wildman–Crippen LogP) is 2.66. The number of aryl methyl sites for hydroxylation is 1. The van der Waals surface area contributed by atoms with Gasteiger partial charge in [0.05, 0.1) is 13.3 Å². The van der Waals surface area contributed by atoms with E-state index in [0.29, 0.717) is 11.3 Å². The molecule has 0 aliphatic heterocycles. The summed E-state index contributed by atoms with van der Waals surface area (Å²) in [6.45, 7) is 3.73. The number of anilines is 1. The number of phenolic OH excluding ortho intramolecular Hbond substituents is 1. The maximum Gasteiger partial charge on any atom is 0.262 e. The van der Waals surface area contributed by atoms with Gasteiger partial charge in [-0.3, -0.25) is 4.79 Å². The Morgan fingerprint density at radius 1 is 1.29 bits per heavy atom. The summed E-state index contributed by atoms with van der Waals surface area (Å²) in [6, 6.07) is 12.3. The molecule has 0 saturated heterocycles. The monoisotopic (exact) mass is 327 g/mol. The van der Waals surface area contributed by atoms with E-state index in [1.54, 1.807) is 25.1 Å². The van der Waals surface area contributed by atoms with Crippen LogP contribution in [0.5, 0.6) is 11.5 Å². The van der Waals surface area contributed by atoms with Crippen molar-refractivity contribution >= 4 is 17.8 Å². The van der Waals surface area contributed by atoms with Crippen molar-refractivity contribution < 1.29 is 14.6 Å². The van der Waals surface area contributed by atoms with Gasteiger partial charge in [-0.25, -0.2) is 5.43 Å². The van der Waals surface area contributed by atoms with Crippen LogP contribution < -0.4 is 15.5 Å². The van der Waals surface area contributed by atoms with Crippen LogP contribution in [0.15, 0.2) is 47.6 Å². The van der Waals surface area contributed by atoms with Crippen molar-refractivity contribution in [3.8, 4) is 11.5 Å². The fraction of sp³-hybridized carbons (Fsp3) is 0.222. The lowest BCUT2D eigenvalue weighted by atomic mass is 10.2. The van der Waals surface area contributed by atoms with Crippen molar-refractivity contribution in [2.24, 2.45) is 5.10 Å². The molecule has 0 saturated carbocycles. The van der Waals surface area contributed by atoms with E-state index in [9.17, 15) is 9.90 Å². The summed E-state index contributed by atoms with van der Waals surface area (Å²) in [6.07, 6.45) is 1.37. The summed E-state index contributed by atoms with van der Waals surface area (Å²) in [5.74, 6) is 0.0406. The SMILES string of the molecule is COc1cccc(C=NNC(=O)C(C)Nc2cccc(C)c2)c1O. The summed E-state index contributed by atoms with van der Waals surface area (Å²) < 4.78 is 5.02. The van der Waals surface area contributed by atoms with Crippen LogP contribution in [0.2, 0.25) is 0 Å². The Hall–Kier alpha value is -3.02. The molecule has 24 heavy (non-hydrogen) atoms. The van der Waals surface area contributed by atoms with Crippen LogP contribution >= 0.6 is 0 Å². The second kappa shape index (κ2) is 8.01. The van der Waals surface area contributed by atoms with Crippen molar-refractivity contribution in [1.29, 1.82) is 0 Å². The van der Waals surface area contributed by atoms with Gasteiger partial charge in [-0.15, -0.1) is 0 Å². The lowest BCUT2D eigenvalue weighted by Crippen LogP contribution is -2.34. The van der Waals surface area contributed by atoms with Gasteiger partial charge >= 0.3 is 0 Å². The fourth-order valence-electron chi connectivity index (χ4n) is 2.12. The number of carbonyl (C=O) groups excluding carboxylic acids is 1. The van der Waals surface area contributed by atoms with Crippen LogP contribution in [0.3, 0.4) is 0 Å². The van der Waals surface area contributed by atoms with Gasteiger partial charge in [0.2, 0.25) is 0 Å². The molecule has 126 valence electrons. The minimum Gasteiger partial charge on any atom is -0.504 e. The maximum atomic E-state index is 12.1. The first-order valence-corrected chi connectivity index (χ1v) is 7.53. The smallest absolute Gasteiger partial charge is 0.262 e. The number of rotatable bonds is 6. The molecule has 2 aromatic carbocycles. The number of para-hydroxylation sites is 1. The number of hydrogen-bond donors (Lipinski definition) is 3.